The topological polar surface area (TPSA) is 81.7 Å². The molecule has 8 nitrogen and oxygen atoms in total. The summed E-state index contributed by atoms with van der Waals surface area (Å²) in [5.41, 5.74) is -4.67. The van der Waals surface area contributed by atoms with Crippen molar-refractivity contribution in [1.29, 1.82) is 0 Å². The minimum absolute atomic E-state index is 0.0196. The highest BCUT2D eigenvalue weighted by atomic mass is 19.4. The van der Waals surface area contributed by atoms with Gasteiger partial charge in [0.05, 0.1) is 57.1 Å². The fourth-order valence-corrected chi connectivity index (χ4v) is 6.88. The predicted octanol–water partition coefficient (Wildman–Crippen LogP) is 9.84. The first-order chi connectivity index (χ1) is 28.2. The van der Waals surface area contributed by atoms with E-state index in [1.54, 1.807) is 24.3 Å². The van der Waals surface area contributed by atoms with Crippen molar-refractivity contribution in [2.24, 2.45) is 10.8 Å². The average Bonchev–Trinajstić information content (AvgIpc) is 3.18. The van der Waals surface area contributed by atoms with E-state index in [9.17, 15) is 31.1 Å². The van der Waals surface area contributed by atoms with Gasteiger partial charge in [0.25, 0.3) is 0 Å². The Morgan fingerprint density at radius 3 is 1.39 bits per heavy atom. The van der Waals surface area contributed by atoms with Crippen LogP contribution in [0, 0.1) is 10.8 Å². The van der Waals surface area contributed by atoms with Crippen molar-refractivity contribution in [3.8, 4) is 23.0 Å². The summed E-state index contributed by atoms with van der Waals surface area (Å²) in [6.07, 6.45) is -8.93. The lowest BCUT2D eigenvalue weighted by atomic mass is 9.73. The van der Waals surface area contributed by atoms with Gasteiger partial charge >= 0.3 is 18.3 Å². The number of rotatable bonds is 20. The van der Waals surface area contributed by atoms with Crippen molar-refractivity contribution >= 4 is 5.97 Å². The van der Waals surface area contributed by atoms with Gasteiger partial charge < -0.3 is 33.2 Å². The lowest BCUT2D eigenvalue weighted by Gasteiger charge is -2.40. The molecule has 2 heterocycles. The molecule has 0 unspecified atom stereocenters. The van der Waals surface area contributed by atoms with Crippen molar-refractivity contribution in [3.63, 3.8) is 0 Å². The molecular weight excluding hydrogens is 782 g/mol. The molecule has 6 rings (SSSR count). The highest BCUT2D eigenvalue weighted by molar-refractivity contribution is 5.72. The summed E-state index contributed by atoms with van der Waals surface area (Å²) in [5.74, 6) is 0.545. The van der Waals surface area contributed by atoms with E-state index in [4.69, 9.17) is 33.2 Å². The second kappa shape index (κ2) is 18.6. The van der Waals surface area contributed by atoms with Crippen molar-refractivity contribution in [2.75, 3.05) is 53.0 Å². The fourth-order valence-electron chi connectivity index (χ4n) is 6.88. The summed E-state index contributed by atoms with van der Waals surface area (Å²) in [7, 11) is 0. The summed E-state index contributed by atoms with van der Waals surface area (Å²) in [6, 6.07) is 21.5. The molecule has 4 aromatic carbocycles. The van der Waals surface area contributed by atoms with Crippen LogP contribution in [0.2, 0.25) is 0 Å². The Morgan fingerprint density at radius 1 is 0.576 bits per heavy atom. The summed E-state index contributed by atoms with van der Waals surface area (Å²) >= 11 is 0. The summed E-state index contributed by atoms with van der Waals surface area (Å²) in [6.45, 7) is 7.98. The zero-order valence-corrected chi connectivity index (χ0v) is 33.0. The van der Waals surface area contributed by atoms with E-state index in [-0.39, 0.29) is 42.1 Å². The van der Waals surface area contributed by atoms with Crippen LogP contribution in [0.1, 0.15) is 55.4 Å². The molecule has 4 aromatic rings. The molecule has 318 valence electrons. The summed E-state index contributed by atoms with van der Waals surface area (Å²) in [5, 5.41) is 0. The van der Waals surface area contributed by atoms with E-state index in [1.807, 2.05) is 24.3 Å². The molecular formula is C45H48F6O8. The second-order valence-electron chi connectivity index (χ2n) is 15.2. The Kier molecular flexibility index (Phi) is 13.8. The highest BCUT2D eigenvalue weighted by Gasteiger charge is 2.72. The average molecular weight is 831 g/mol. The maximum absolute atomic E-state index is 14.8. The lowest BCUT2D eigenvalue weighted by molar-refractivity contribution is -0.288. The number of carbonyl (C=O) groups excluding carboxylic acids is 1. The van der Waals surface area contributed by atoms with Crippen LogP contribution in [0.4, 0.5) is 26.3 Å². The number of benzene rings is 4. The maximum atomic E-state index is 14.8. The van der Waals surface area contributed by atoms with E-state index in [1.165, 1.54) is 0 Å². The molecule has 0 aromatic heterocycles. The molecule has 0 N–H and O–H groups in total. The van der Waals surface area contributed by atoms with Crippen molar-refractivity contribution in [1.82, 2.24) is 0 Å². The van der Waals surface area contributed by atoms with Gasteiger partial charge in [-0.15, -0.1) is 0 Å². The molecule has 0 amide bonds. The smallest absolute Gasteiger partial charge is 0.411 e. The SMILES string of the molecule is CCC1(COc2ccc(CCOCOc3ccc(C(c4ccc(OC(=O)CCc5ccc(OCC6(CC)COC6)cc5)cc4)(C(F)(F)F)C(F)(F)F)cc3)cc2)COC1. The molecule has 14 heteroatoms. The van der Waals surface area contributed by atoms with Crippen molar-refractivity contribution in [2.45, 2.75) is 63.7 Å². The van der Waals surface area contributed by atoms with Gasteiger partial charge in [-0.05, 0) is 96.5 Å². The number of halogens is 6. The van der Waals surface area contributed by atoms with Crippen LogP contribution in [0.5, 0.6) is 23.0 Å². The van der Waals surface area contributed by atoms with Crippen LogP contribution in [0.25, 0.3) is 0 Å². The minimum atomic E-state index is -5.80. The quantitative estimate of drug-likeness (QED) is 0.0287. The Labute approximate surface area is 339 Å². The number of hydrogen-bond donors (Lipinski definition) is 0. The van der Waals surface area contributed by atoms with Crippen LogP contribution in [-0.2, 0) is 37.3 Å². The van der Waals surface area contributed by atoms with Gasteiger partial charge in [0.15, 0.2) is 6.79 Å². The lowest BCUT2D eigenvalue weighted by Crippen LogP contribution is -2.54. The third kappa shape index (κ3) is 10.3. The zero-order valence-electron chi connectivity index (χ0n) is 33.0. The van der Waals surface area contributed by atoms with Crippen LogP contribution >= 0.6 is 0 Å². The van der Waals surface area contributed by atoms with Crippen molar-refractivity contribution < 1.29 is 64.3 Å². The third-order valence-corrected chi connectivity index (χ3v) is 11.2. The Balaban J connectivity index is 0.999. The first-order valence-electron chi connectivity index (χ1n) is 19.5. The number of esters is 1. The third-order valence-electron chi connectivity index (χ3n) is 11.2. The van der Waals surface area contributed by atoms with Gasteiger partial charge in [0.1, 0.15) is 23.0 Å². The number of carbonyl (C=O) groups is 1. The monoisotopic (exact) mass is 830 g/mol. The molecule has 0 saturated carbocycles. The first kappa shape index (κ1) is 43.8. The van der Waals surface area contributed by atoms with Crippen molar-refractivity contribution in [3.05, 3.63) is 119 Å². The predicted molar refractivity (Wildman–Crippen MR) is 206 cm³/mol. The van der Waals surface area contributed by atoms with E-state index < -0.39 is 34.9 Å². The fraction of sp³-hybridized carbons (Fsp3) is 0.444. The number of aryl methyl sites for hydroxylation is 1. The van der Waals surface area contributed by atoms with Crippen LogP contribution in [-0.4, -0.2) is 71.4 Å². The van der Waals surface area contributed by atoms with Gasteiger partial charge in [0, 0.05) is 6.42 Å². The van der Waals surface area contributed by atoms with Crippen LogP contribution in [0.3, 0.4) is 0 Å². The van der Waals surface area contributed by atoms with Gasteiger partial charge in [-0.3, -0.25) is 4.79 Å². The Bertz CT molecular complexity index is 1910. The van der Waals surface area contributed by atoms with E-state index in [0.717, 1.165) is 66.1 Å². The van der Waals surface area contributed by atoms with Gasteiger partial charge in [-0.25, -0.2) is 0 Å². The summed E-state index contributed by atoms with van der Waals surface area (Å²) < 4.78 is 127. The van der Waals surface area contributed by atoms with Crippen LogP contribution in [0.15, 0.2) is 97.1 Å². The van der Waals surface area contributed by atoms with Gasteiger partial charge in [-0.2, -0.15) is 26.3 Å². The minimum Gasteiger partial charge on any atom is -0.493 e. The Hall–Kier alpha value is -4.79. The molecule has 0 atom stereocenters. The highest BCUT2D eigenvalue weighted by Crippen LogP contribution is 2.56. The molecule has 2 aliphatic rings. The summed E-state index contributed by atoms with van der Waals surface area (Å²) in [4.78, 5) is 12.6. The molecule has 2 fully saturated rings. The molecule has 0 spiro atoms. The van der Waals surface area contributed by atoms with Crippen LogP contribution < -0.4 is 18.9 Å². The number of ether oxygens (including phenoxy) is 7. The molecule has 2 aliphatic heterocycles. The molecule has 0 bridgehead atoms. The zero-order chi connectivity index (χ0) is 42.2. The van der Waals surface area contributed by atoms with E-state index >= 15 is 0 Å². The molecule has 2 saturated heterocycles. The second-order valence-corrected chi connectivity index (χ2v) is 15.2. The standard InChI is InChI=1S/C45H48F6O8/c1-3-41(25-54-26-41)29-56-36-14-5-32(6-15-36)9-22-40(52)59-39-20-12-35(13-21-39)43(44(46,47)48,45(49,50)51)34-10-18-38(19-11-34)58-31-53-24-23-33-7-16-37(17-8-33)57-30-42(4-2)27-55-28-42/h5-8,10-21H,3-4,9,22-31H2,1-2H3. The molecule has 0 aliphatic carbocycles. The van der Waals surface area contributed by atoms with Gasteiger partial charge in [0.2, 0.25) is 5.41 Å². The normalized spacial score (nSPS) is 16.1. The maximum Gasteiger partial charge on any atom is 0.411 e. The van der Waals surface area contributed by atoms with Gasteiger partial charge in [-0.1, -0.05) is 62.4 Å². The number of alkyl halides is 6. The van der Waals surface area contributed by atoms with E-state index in [2.05, 4.69) is 13.8 Å². The molecule has 0 radical (unpaired) electrons. The largest absolute Gasteiger partial charge is 0.493 e. The van der Waals surface area contributed by atoms with E-state index in [0.29, 0.717) is 70.4 Å². The molecule has 59 heavy (non-hydrogen) atoms. The Morgan fingerprint density at radius 2 is 0.983 bits per heavy atom. The first-order valence-corrected chi connectivity index (χ1v) is 19.5. The number of hydrogen-bond acceptors (Lipinski definition) is 8.